The lowest BCUT2D eigenvalue weighted by Crippen LogP contribution is -2.25. The van der Waals surface area contributed by atoms with E-state index in [1.165, 1.54) is 6.92 Å². The Labute approximate surface area is 147 Å². The third-order valence-electron chi connectivity index (χ3n) is 4.06. The molecule has 0 unspecified atom stereocenters. The van der Waals surface area contributed by atoms with Crippen LogP contribution in [-0.4, -0.2) is 39.2 Å². The van der Waals surface area contributed by atoms with Crippen molar-refractivity contribution in [1.29, 1.82) is 0 Å². The van der Waals surface area contributed by atoms with Crippen molar-refractivity contribution in [2.75, 3.05) is 6.61 Å². The van der Waals surface area contributed by atoms with Crippen LogP contribution in [0.4, 0.5) is 0 Å². The molecule has 0 spiro atoms. The first-order valence-corrected chi connectivity index (χ1v) is 8.32. The van der Waals surface area contributed by atoms with Gasteiger partial charge in [0.15, 0.2) is 11.6 Å². The second-order valence-electron chi connectivity index (χ2n) is 6.05. The van der Waals surface area contributed by atoms with Crippen molar-refractivity contribution in [2.45, 2.75) is 46.8 Å². The molecule has 1 atom stereocenters. The lowest BCUT2D eigenvalue weighted by molar-refractivity contribution is 0.0884. The number of benzene rings is 1. The van der Waals surface area contributed by atoms with E-state index >= 15 is 0 Å². The Kier molecular flexibility index (Phi) is 6.09. The number of Topliss-reactive ketones (excluding diaryl/α,β-unsaturated/α-hetero) is 2. The number of aliphatic hydroxyl groups is 1. The molecule has 0 amide bonds. The van der Waals surface area contributed by atoms with Gasteiger partial charge in [0.1, 0.15) is 18.5 Å². The molecule has 0 aliphatic carbocycles. The molecule has 1 aromatic heterocycles. The van der Waals surface area contributed by atoms with Crippen molar-refractivity contribution in [2.24, 2.45) is 0 Å². The van der Waals surface area contributed by atoms with Crippen LogP contribution in [-0.2, 0) is 6.54 Å². The Hall–Kier alpha value is -2.47. The first-order valence-electron chi connectivity index (χ1n) is 8.32. The SMILES string of the molecule is CCC(=O)c1ccc(OC[C@@H](O)Cn2nc(C)c(C(C)=O)c2C)cc1. The smallest absolute Gasteiger partial charge is 0.163 e. The van der Waals surface area contributed by atoms with E-state index in [9.17, 15) is 14.7 Å². The zero-order chi connectivity index (χ0) is 18.6. The highest BCUT2D eigenvalue weighted by Crippen LogP contribution is 2.16. The maximum atomic E-state index is 11.6. The van der Waals surface area contributed by atoms with Crippen LogP contribution in [0.2, 0.25) is 0 Å². The van der Waals surface area contributed by atoms with Gasteiger partial charge in [-0.3, -0.25) is 14.3 Å². The highest BCUT2D eigenvalue weighted by Gasteiger charge is 2.17. The van der Waals surface area contributed by atoms with E-state index in [4.69, 9.17) is 4.74 Å². The van der Waals surface area contributed by atoms with Gasteiger partial charge in [-0.05, 0) is 45.0 Å². The molecule has 0 aliphatic rings. The van der Waals surface area contributed by atoms with E-state index in [-0.39, 0.29) is 24.7 Å². The molecule has 0 saturated heterocycles. The normalized spacial score (nSPS) is 12.0. The molecule has 2 rings (SSSR count). The summed E-state index contributed by atoms with van der Waals surface area (Å²) in [6.07, 6.45) is -0.307. The summed E-state index contributed by atoms with van der Waals surface area (Å²) < 4.78 is 7.19. The number of rotatable bonds is 8. The second kappa shape index (κ2) is 8.07. The van der Waals surface area contributed by atoms with Crippen molar-refractivity contribution >= 4 is 11.6 Å². The number of aliphatic hydroxyl groups excluding tert-OH is 1. The summed E-state index contributed by atoms with van der Waals surface area (Å²) in [6, 6.07) is 6.86. The molecule has 0 saturated carbocycles. The van der Waals surface area contributed by atoms with Crippen molar-refractivity contribution in [3.63, 3.8) is 0 Å². The van der Waals surface area contributed by atoms with Crippen LogP contribution in [0, 0.1) is 13.8 Å². The number of ketones is 2. The number of aryl methyl sites for hydroxylation is 1. The largest absolute Gasteiger partial charge is 0.491 e. The highest BCUT2D eigenvalue weighted by molar-refractivity contribution is 5.96. The van der Waals surface area contributed by atoms with Crippen molar-refractivity contribution < 1.29 is 19.4 Å². The maximum Gasteiger partial charge on any atom is 0.163 e. The summed E-state index contributed by atoms with van der Waals surface area (Å²) in [5.41, 5.74) is 2.65. The van der Waals surface area contributed by atoms with Gasteiger partial charge < -0.3 is 9.84 Å². The van der Waals surface area contributed by atoms with Crippen molar-refractivity contribution in [3.05, 3.63) is 46.8 Å². The van der Waals surface area contributed by atoms with Gasteiger partial charge in [-0.15, -0.1) is 0 Å². The Balaban J connectivity index is 1.95. The number of aromatic nitrogens is 2. The number of hydrogen-bond donors (Lipinski definition) is 1. The average molecular weight is 344 g/mol. The number of carbonyl (C=O) groups is 2. The Morgan fingerprint density at radius 2 is 1.88 bits per heavy atom. The molecule has 25 heavy (non-hydrogen) atoms. The minimum absolute atomic E-state index is 0.0336. The standard InChI is InChI=1S/C19H24N2O4/c1-5-18(24)15-6-8-17(9-7-15)25-11-16(23)10-21-13(3)19(14(4)22)12(2)20-21/h6-9,16,23H,5,10-11H2,1-4H3/t16-/m0/s1. The molecule has 6 heteroatoms. The third-order valence-corrected chi connectivity index (χ3v) is 4.06. The van der Waals surface area contributed by atoms with Gasteiger partial charge in [-0.2, -0.15) is 5.10 Å². The van der Waals surface area contributed by atoms with E-state index in [2.05, 4.69) is 5.10 Å². The molecule has 1 N–H and O–H groups in total. The molecule has 0 radical (unpaired) electrons. The fourth-order valence-corrected chi connectivity index (χ4v) is 2.77. The Morgan fingerprint density at radius 1 is 1.24 bits per heavy atom. The van der Waals surface area contributed by atoms with E-state index in [1.807, 2.05) is 13.8 Å². The number of nitrogens with zero attached hydrogens (tertiary/aromatic N) is 2. The number of hydrogen-bond acceptors (Lipinski definition) is 5. The Bertz CT molecular complexity index is 762. The van der Waals surface area contributed by atoms with Crippen molar-refractivity contribution in [1.82, 2.24) is 9.78 Å². The monoisotopic (exact) mass is 344 g/mol. The van der Waals surface area contributed by atoms with Gasteiger partial charge in [0.2, 0.25) is 0 Å². The molecule has 0 bridgehead atoms. The predicted octanol–water partition coefficient (Wildman–Crippen LogP) is 2.74. The van der Waals surface area contributed by atoms with E-state index < -0.39 is 6.10 Å². The fourth-order valence-electron chi connectivity index (χ4n) is 2.77. The number of ether oxygens (including phenoxy) is 1. The zero-order valence-electron chi connectivity index (χ0n) is 15.1. The van der Waals surface area contributed by atoms with Gasteiger partial charge in [0.25, 0.3) is 0 Å². The van der Waals surface area contributed by atoms with Crippen LogP contribution >= 0.6 is 0 Å². The quantitative estimate of drug-likeness (QED) is 0.745. The van der Waals surface area contributed by atoms with Crippen LogP contribution < -0.4 is 4.74 Å². The minimum atomic E-state index is -0.769. The number of carbonyl (C=O) groups excluding carboxylic acids is 2. The van der Waals surface area contributed by atoms with Crippen LogP contribution in [0.25, 0.3) is 0 Å². The second-order valence-corrected chi connectivity index (χ2v) is 6.05. The van der Waals surface area contributed by atoms with Gasteiger partial charge >= 0.3 is 0 Å². The fraction of sp³-hybridized carbons (Fsp3) is 0.421. The predicted molar refractivity (Wildman–Crippen MR) is 94.3 cm³/mol. The molecular formula is C19H24N2O4. The summed E-state index contributed by atoms with van der Waals surface area (Å²) in [6.45, 7) is 7.25. The maximum absolute atomic E-state index is 11.6. The van der Waals surface area contributed by atoms with E-state index in [0.717, 1.165) is 5.69 Å². The zero-order valence-corrected chi connectivity index (χ0v) is 15.1. The molecule has 1 heterocycles. The first kappa shape index (κ1) is 18.9. The van der Waals surface area contributed by atoms with Crippen LogP contribution in [0.15, 0.2) is 24.3 Å². The molecule has 6 nitrogen and oxygen atoms in total. The van der Waals surface area contributed by atoms with E-state index in [1.54, 1.807) is 35.9 Å². The van der Waals surface area contributed by atoms with Gasteiger partial charge in [0.05, 0.1) is 17.8 Å². The summed E-state index contributed by atoms with van der Waals surface area (Å²) in [4.78, 5) is 23.2. The lowest BCUT2D eigenvalue weighted by atomic mass is 10.1. The van der Waals surface area contributed by atoms with Gasteiger partial charge in [-0.1, -0.05) is 6.92 Å². The van der Waals surface area contributed by atoms with Crippen molar-refractivity contribution in [3.8, 4) is 5.75 Å². The van der Waals surface area contributed by atoms with Crippen LogP contribution in [0.5, 0.6) is 5.75 Å². The molecule has 0 aliphatic heterocycles. The summed E-state index contributed by atoms with van der Waals surface area (Å²) in [5.74, 6) is 0.635. The van der Waals surface area contributed by atoms with E-state index in [0.29, 0.717) is 29.0 Å². The van der Waals surface area contributed by atoms with Crippen LogP contribution in [0.3, 0.4) is 0 Å². The molecule has 1 aromatic carbocycles. The summed E-state index contributed by atoms with van der Waals surface area (Å²) in [5, 5.41) is 14.5. The summed E-state index contributed by atoms with van der Waals surface area (Å²) >= 11 is 0. The van der Waals surface area contributed by atoms with Gasteiger partial charge in [0, 0.05) is 17.7 Å². The van der Waals surface area contributed by atoms with Gasteiger partial charge in [-0.25, -0.2) is 0 Å². The van der Waals surface area contributed by atoms with Crippen LogP contribution in [0.1, 0.15) is 52.4 Å². The third kappa shape index (κ3) is 4.54. The highest BCUT2D eigenvalue weighted by atomic mass is 16.5. The molecule has 0 fully saturated rings. The lowest BCUT2D eigenvalue weighted by Gasteiger charge is -2.14. The summed E-state index contributed by atoms with van der Waals surface area (Å²) in [7, 11) is 0. The topological polar surface area (TPSA) is 81.4 Å². The average Bonchev–Trinajstić information content (AvgIpc) is 2.86. The molecule has 2 aromatic rings. The molecular weight excluding hydrogens is 320 g/mol. The molecule has 134 valence electrons. The minimum Gasteiger partial charge on any atom is -0.491 e. The Morgan fingerprint density at radius 3 is 2.40 bits per heavy atom. The first-order chi connectivity index (χ1) is 11.8.